The molecule has 3 nitrogen and oxygen atoms in total. The first-order valence-electron chi connectivity index (χ1n) is 6.85. The lowest BCUT2D eigenvalue weighted by Crippen LogP contribution is -2.07. The second kappa shape index (κ2) is 5.66. The summed E-state index contributed by atoms with van der Waals surface area (Å²) in [5.41, 5.74) is 2.02. The smallest absolute Gasteiger partial charge is 0.0815 e. The third-order valence-corrected chi connectivity index (χ3v) is 4.03. The van der Waals surface area contributed by atoms with Gasteiger partial charge in [0.1, 0.15) is 0 Å². The predicted octanol–water partition coefficient (Wildman–Crippen LogP) is 4.26. The van der Waals surface area contributed by atoms with Crippen LogP contribution in [0, 0.1) is 0 Å². The molecule has 19 heavy (non-hydrogen) atoms. The molecule has 3 rings (SSSR count). The average Bonchev–Trinajstić information content (AvgIpc) is 3.09. The summed E-state index contributed by atoms with van der Waals surface area (Å²) in [5, 5.41) is 8.72. The molecular formula is C15H18ClN3. The first-order valence-corrected chi connectivity index (χ1v) is 7.23. The van der Waals surface area contributed by atoms with Crippen LogP contribution in [0.3, 0.4) is 0 Å². The van der Waals surface area contributed by atoms with Gasteiger partial charge in [-0.05, 0) is 31.0 Å². The van der Waals surface area contributed by atoms with Crippen LogP contribution < -0.4 is 5.32 Å². The van der Waals surface area contributed by atoms with Gasteiger partial charge in [-0.25, -0.2) is 0 Å². The van der Waals surface area contributed by atoms with Gasteiger partial charge in [0.2, 0.25) is 0 Å². The number of nitrogens with zero attached hydrogens (tertiary/aromatic N) is 2. The van der Waals surface area contributed by atoms with Gasteiger partial charge in [-0.1, -0.05) is 36.6 Å². The highest BCUT2D eigenvalue weighted by atomic mass is 35.5. The van der Waals surface area contributed by atoms with E-state index in [2.05, 4.69) is 27.4 Å². The lowest BCUT2D eigenvalue weighted by Gasteiger charge is -2.09. The van der Waals surface area contributed by atoms with Crippen molar-refractivity contribution in [1.82, 2.24) is 9.78 Å². The molecule has 0 radical (unpaired) electrons. The van der Waals surface area contributed by atoms with Crippen LogP contribution in [-0.4, -0.2) is 9.78 Å². The fraction of sp³-hybridized carbons (Fsp3) is 0.400. The Balaban J connectivity index is 1.63. The number of nitrogens with one attached hydrogen (secondary N) is 1. The molecular weight excluding hydrogens is 258 g/mol. The van der Waals surface area contributed by atoms with Crippen LogP contribution in [0.5, 0.6) is 0 Å². The van der Waals surface area contributed by atoms with Crippen molar-refractivity contribution in [2.75, 3.05) is 5.32 Å². The Morgan fingerprint density at radius 1 is 1.21 bits per heavy atom. The van der Waals surface area contributed by atoms with Crippen LogP contribution in [-0.2, 0) is 6.54 Å². The number of para-hydroxylation sites is 1. The number of halogens is 1. The van der Waals surface area contributed by atoms with E-state index in [1.165, 1.54) is 25.7 Å². The van der Waals surface area contributed by atoms with Gasteiger partial charge < -0.3 is 5.32 Å². The van der Waals surface area contributed by atoms with E-state index in [1.54, 1.807) is 0 Å². The van der Waals surface area contributed by atoms with E-state index in [9.17, 15) is 0 Å². The fourth-order valence-corrected chi connectivity index (χ4v) is 2.84. The molecule has 1 aliphatic carbocycles. The zero-order valence-electron chi connectivity index (χ0n) is 10.8. The van der Waals surface area contributed by atoms with E-state index >= 15 is 0 Å². The van der Waals surface area contributed by atoms with Crippen LogP contribution >= 0.6 is 11.6 Å². The third-order valence-electron chi connectivity index (χ3n) is 3.70. The Hall–Kier alpha value is -1.48. The van der Waals surface area contributed by atoms with Gasteiger partial charge in [-0.3, -0.25) is 4.68 Å². The average molecular weight is 276 g/mol. The molecule has 1 aromatic carbocycles. The normalized spacial score (nSPS) is 15.8. The van der Waals surface area contributed by atoms with E-state index in [4.69, 9.17) is 11.6 Å². The highest BCUT2D eigenvalue weighted by Gasteiger charge is 2.17. The molecule has 0 atom stereocenters. The maximum Gasteiger partial charge on any atom is 0.0815 e. The SMILES string of the molecule is Clc1ccccc1NCc1ccn(C2CCCC2)n1. The van der Waals surface area contributed by atoms with Crippen LogP contribution in [0.1, 0.15) is 37.4 Å². The molecule has 1 aliphatic rings. The zero-order chi connectivity index (χ0) is 13.1. The van der Waals surface area contributed by atoms with E-state index < -0.39 is 0 Å². The zero-order valence-corrected chi connectivity index (χ0v) is 11.6. The lowest BCUT2D eigenvalue weighted by molar-refractivity contribution is 0.463. The molecule has 0 aliphatic heterocycles. The molecule has 1 aromatic heterocycles. The quantitative estimate of drug-likeness (QED) is 0.903. The van der Waals surface area contributed by atoms with Gasteiger partial charge in [0.05, 0.1) is 29.0 Å². The van der Waals surface area contributed by atoms with Crippen LogP contribution in [0.2, 0.25) is 5.02 Å². The van der Waals surface area contributed by atoms with Crippen molar-refractivity contribution >= 4 is 17.3 Å². The standard InChI is InChI=1S/C15H18ClN3/c16-14-7-3-4-8-15(14)17-11-12-9-10-19(18-12)13-5-1-2-6-13/h3-4,7-10,13,17H,1-2,5-6,11H2. The number of hydrogen-bond acceptors (Lipinski definition) is 2. The van der Waals surface area contributed by atoms with E-state index in [1.807, 2.05) is 24.3 Å². The highest BCUT2D eigenvalue weighted by molar-refractivity contribution is 6.33. The molecule has 0 unspecified atom stereocenters. The number of aromatic nitrogens is 2. The molecule has 0 amide bonds. The number of benzene rings is 1. The Morgan fingerprint density at radius 3 is 2.79 bits per heavy atom. The summed E-state index contributed by atoms with van der Waals surface area (Å²) in [6, 6.07) is 10.5. The van der Waals surface area contributed by atoms with Crippen molar-refractivity contribution in [2.45, 2.75) is 38.3 Å². The topological polar surface area (TPSA) is 29.9 Å². The Kier molecular flexibility index (Phi) is 3.74. The molecule has 0 bridgehead atoms. The van der Waals surface area contributed by atoms with Crippen LogP contribution in [0.4, 0.5) is 5.69 Å². The monoisotopic (exact) mass is 275 g/mol. The Labute approximate surface area is 118 Å². The van der Waals surface area contributed by atoms with Crippen LogP contribution in [0.15, 0.2) is 36.5 Å². The summed E-state index contributed by atoms with van der Waals surface area (Å²) in [4.78, 5) is 0. The molecule has 1 N–H and O–H groups in total. The lowest BCUT2D eigenvalue weighted by atomic mass is 10.3. The maximum atomic E-state index is 6.11. The van der Waals surface area contributed by atoms with E-state index in [-0.39, 0.29) is 0 Å². The summed E-state index contributed by atoms with van der Waals surface area (Å²) >= 11 is 6.11. The molecule has 0 saturated heterocycles. The predicted molar refractivity (Wildman–Crippen MR) is 78.5 cm³/mol. The second-order valence-corrected chi connectivity index (χ2v) is 5.47. The van der Waals surface area contributed by atoms with Crippen molar-refractivity contribution in [3.8, 4) is 0 Å². The van der Waals surface area contributed by atoms with Crippen LogP contribution in [0.25, 0.3) is 0 Å². The summed E-state index contributed by atoms with van der Waals surface area (Å²) in [6.07, 6.45) is 7.28. The van der Waals surface area contributed by atoms with Crippen molar-refractivity contribution in [1.29, 1.82) is 0 Å². The number of anilines is 1. The molecule has 0 spiro atoms. The molecule has 1 saturated carbocycles. The first-order chi connectivity index (χ1) is 9.33. The minimum Gasteiger partial charge on any atom is -0.378 e. The van der Waals surface area contributed by atoms with Gasteiger partial charge in [-0.2, -0.15) is 5.10 Å². The number of rotatable bonds is 4. The Bertz CT molecular complexity index is 544. The first kappa shape index (κ1) is 12.5. The van der Waals surface area contributed by atoms with Crippen molar-refractivity contribution in [2.24, 2.45) is 0 Å². The van der Waals surface area contributed by atoms with Gasteiger partial charge in [0, 0.05) is 6.20 Å². The minimum absolute atomic E-state index is 0.606. The minimum atomic E-state index is 0.606. The van der Waals surface area contributed by atoms with Crippen molar-refractivity contribution < 1.29 is 0 Å². The number of hydrogen-bond donors (Lipinski definition) is 1. The molecule has 1 heterocycles. The van der Waals surface area contributed by atoms with Gasteiger partial charge in [0.15, 0.2) is 0 Å². The fourth-order valence-electron chi connectivity index (χ4n) is 2.63. The van der Waals surface area contributed by atoms with Crippen molar-refractivity contribution in [3.05, 3.63) is 47.2 Å². The van der Waals surface area contributed by atoms with Gasteiger partial charge in [-0.15, -0.1) is 0 Å². The summed E-state index contributed by atoms with van der Waals surface area (Å²) in [7, 11) is 0. The van der Waals surface area contributed by atoms with Crippen molar-refractivity contribution in [3.63, 3.8) is 0 Å². The summed E-state index contributed by atoms with van der Waals surface area (Å²) in [5.74, 6) is 0. The molecule has 4 heteroatoms. The largest absolute Gasteiger partial charge is 0.378 e. The molecule has 1 fully saturated rings. The van der Waals surface area contributed by atoms with E-state index in [0.717, 1.165) is 16.4 Å². The van der Waals surface area contributed by atoms with Gasteiger partial charge in [0.25, 0.3) is 0 Å². The van der Waals surface area contributed by atoms with E-state index in [0.29, 0.717) is 12.6 Å². The molecule has 2 aromatic rings. The maximum absolute atomic E-state index is 6.11. The molecule has 100 valence electrons. The van der Waals surface area contributed by atoms with Gasteiger partial charge >= 0.3 is 0 Å². The third kappa shape index (κ3) is 2.92. The summed E-state index contributed by atoms with van der Waals surface area (Å²) < 4.78 is 2.12. The second-order valence-electron chi connectivity index (χ2n) is 5.06. The summed E-state index contributed by atoms with van der Waals surface area (Å²) in [6.45, 7) is 0.712. The highest BCUT2D eigenvalue weighted by Crippen LogP contribution is 2.28. The Morgan fingerprint density at radius 2 is 2.00 bits per heavy atom.